The van der Waals surface area contributed by atoms with Gasteiger partial charge in [-0.3, -0.25) is 0 Å². The molecule has 1 aromatic carbocycles. The molecule has 2 nitrogen and oxygen atoms in total. The van der Waals surface area contributed by atoms with Crippen molar-refractivity contribution in [1.82, 2.24) is 5.32 Å². The fraction of sp³-hybridized carbons (Fsp3) is 0.273. The number of furan rings is 1. The summed E-state index contributed by atoms with van der Waals surface area (Å²) in [7, 11) is 1.91. The summed E-state index contributed by atoms with van der Waals surface area (Å²) in [5.74, 6) is 0.970. The first-order valence-electron chi connectivity index (χ1n) is 4.54. The summed E-state index contributed by atoms with van der Waals surface area (Å²) in [6.07, 6.45) is 0. The second-order valence-corrected chi connectivity index (χ2v) is 4.20. The average Bonchev–Trinajstić information content (AvgIpc) is 2.57. The molecule has 0 aliphatic rings. The van der Waals surface area contributed by atoms with Crippen LogP contribution in [-0.4, -0.2) is 7.05 Å². The lowest BCUT2D eigenvalue weighted by Crippen LogP contribution is -2.03. The first kappa shape index (κ1) is 9.74. The van der Waals surface area contributed by atoms with Crippen molar-refractivity contribution in [3.63, 3.8) is 0 Å². The average molecular weight is 254 g/mol. The first-order chi connectivity index (χ1) is 6.72. The smallest absolute Gasteiger partial charge is 0.138 e. The topological polar surface area (TPSA) is 25.2 Å². The lowest BCUT2D eigenvalue weighted by Gasteiger charge is -1.95. The molecule has 0 saturated heterocycles. The van der Waals surface area contributed by atoms with E-state index in [1.165, 1.54) is 5.56 Å². The van der Waals surface area contributed by atoms with Crippen molar-refractivity contribution >= 4 is 26.9 Å². The summed E-state index contributed by atoms with van der Waals surface area (Å²) in [6, 6.07) is 6.18. The Labute approximate surface area is 91.4 Å². The van der Waals surface area contributed by atoms with Crippen LogP contribution < -0.4 is 5.32 Å². The van der Waals surface area contributed by atoms with Gasteiger partial charge in [0.15, 0.2) is 0 Å². The zero-order valence-corrected chi connectivity index (χ0v) is 9.81. The minimum Gasteiger partial charge on any atom is -0.459 e. The molecule has 0 aliphatic carbocycles. The predicted octanol–water partition coefficient (Wildman–Crippen LogP) is 3.22. The number of hydrogen-bond donors (Lipinski definition) is 1. The van der Waals surface area contributed by atoms with Crippen LogP contribution in [0.3, 0.4) is 0 Å². The molecule has 14 heavy (non-hydrogen) atoms. The van der Waals surface area contributed by atoms with Crippen LogP contribution in [0.1, 0.15) is 11.3 Å². The minimum absolute atomic E-state index is 0.764. The normalized spacial score (nSPS) is 11.1. The highest BCUT2D eigenvalue weighted by atomic mass is 79.9. The number of hydrogen-bond acceptors (Lipinski definition) is 2. The molecule has 0 fully saturated rings. The van der Waals surface area contributed by atoms with Crippen molar-refractivity contribution < 1.29 is 4.42 Å². The van der Waals surface area contributed by atoms with Crippen LogP contribution in [0.5, 0.6) is 0 Å². The van der Waals surface area contributed by atoms with Crippen LogP contribution in [0.2, 0.25) is 0 Å². The van der Waals surface area contributed by atoms with Crippen molar-refractivity contribution in [1.29, 1.82) is 0 Å². The Kier molecular flexibility index (Phi) is 2.61. The van der Waals surface area contributed by atoms with Crippen LogP contribution >= 0.6 is 15.9 Å². The molecule has 1 aromatic heterocycles. The van der Waals surface area contributed by atoms with Gasteiger partial charge in [-0.15, -0.1) is 0 Å². The van der Waals surface area contributed by atoms with E-state index in [1.807, 2.05) is 7.05 Å². The van der Waals surface area contributed by atoms with Gasteiger partial charge in [-0.05, 0) is 31.7 Å². The van der Waals surface area contributed by atoms with Crippen LogP contribution in [0, 0.1) is 6.92 Å². The third kappa shape index (κ3) is 1.57. The zero-order valence-electron chi connectivity index (χ0n) is 8.23. The Balaban J connectivity index is 2.63. The molecule has 3 heteroatoms. The summed E-state index contributed by atoms with van der Waals surface area (Å²) in [5, 5.41) is 4.22. The molecule has 0 unspecified atom stereocenters. The third-order valence-corrected chi connectivity index (χ3v) is 2.92. The van der Waals surface area contributed by atoms with E-state index in [4.69, 9.17) is 4.42 Å². The third-order valence-electron chi connectivity index (χ3n) is 2.23. The van der Waals surface area contributed by atoms with Crippen molar-refractivity contribution in [2.45, 2.75) is 13.5 Å². The highest BCUT2D eigenvalue weighted by molar-refractivity contribution is 9.10. The van der Waals surface area contributed by atoms with Crippen LogP contribution in [0.15, 0.2) is 27.1 Å². The van der Waals surface area contributed by atoms with E-state index in [-0.39, 0.29) is 0 Å². The standard InChI is InChI=1S/C11H12BrNO/c1-7-3-4-10(12)9-5-8(6-13-2)14-11(7)9/h3-5,13H,6H2,1-2H3. The molecule has 0 atom stereocenters. The number of halogens is 1. The van der Waals surface area contributed by atoms with Gasteiger partial charge in [0, 0.05) is 9.86 Å². The maximum atomic E-state index is 5.73. The number of rotatable bonds is 2. The van der Waals surface area contributed by atoms with Gasteiger partial charge in [0.2, 0.25) is 0 Å². The van der Waals surface area contributed by atoms with Crippen LogP contribution in [0.4, 0.5) is 0 Å². The molecule has 74 valence electrons. The van der Waals surface area contributed by atoms with Gasteiger partial charge in [0.1, 0.15) is 11.3 Å². The van der Waals surface area contributed by atoms with Gasteiger partial charge < -0.3 is 9.73 Å². The molecule has 0 aliphatic heterocycles. The largest absolute Gasteiger partial charge is 0.459 e. The minimum atomic E-state index is 0.764. The predicted molar refractivity (Wildman–Crippen MR) is 61.4 cm³/mol. The number of aryl methyl sites for hydroxylation is 1. The Morgan fingerprint density at radius 3 is 2.86 bits per heavy atom. The molecule has 1 heterocycles. The van der Waals surface area contributed by atoms with E-state index < -0.39 is 0 Å². The van der Waals surface area contributed by atoms with Crippen LogP contribution in [-0.2, 0) is 6.54 Å². The van der Waals surface area contributed by atoms with E-state index in [0.29, 0.717) is 0 Å². The fourth-order valence-corrected chi connectivity index (χ4v) is 1.96. The van der Waals surface area contributed by atoms with E-state index in [9.17, 15) is 0 Å². The maximum absolute atomic E-state index is 5.73. The van der Waals surface area contributed by atoms with Gasteiger partial charge in [0.05, 0.1) is 6.54 Å². The van der Waals surface area contributed by atoms with Crippen molar-refractivity contribution in [2.75, 3.05) is 7.05 Å². The Bertz CT molecular complexity index is 423. The Morgan fingerprint density at radius 1 is 1.43 bits per heavy atom. The molecule has 0 radical (unpaired) electrons. The quantitative estimate of drug-likeness (QED) is 0.890. The van der Waals surface area contributed by atoms with Gasteiger partial charge >= 0.3 is 0 Å². The molecule has 0 bridgehead atoms. The second kappa shape index (κ2) is 3.75. The Morgan fingerprint density at radius 2 is 2.21 bits per heavy atom. The molecule has 2 rings (SSSR count). The van der Waals surface area contributed by atoms with Gasteiger partial charge in [-0.1, -0.05) is 22.0 Å². The van der Waals surface area contributed by atoms with E-state index in [0.717, 1.165) is 27.7 Å². The summed E-state index contributed by atoms with van der Waals surface area (Å²) in [4.78, 5) is 0. The zero-order chi connectivity index (χ0) is 10.1. The maximum Gasteiger partial charge on any atom is 0.138 e. The molecule has 1 N–H and O–H groups in total. The van der Waals surface area contributed by atoms with Crippen molar-refractivity contribution in [3.05, 3.63) is 34.0 Å². The van der Waals surface area contributed by atoms with Crippen molar-refractivity contribution in [2.24, 2.45) is 0 Å². The highest BCUT2D eigenvalue weighted by Gasteiger charge is 2.08. The van der Waals surface area contributed by atoms with Gasteiger partial charge in [0.25, 0.3) is 0 Å². The van der Waals surface area contributed by atoms with Gasteiger partial charge in [-0.25, -0.2) is 0 Å². The molecule has 0 amide bonds. The highest BCUT2D eigenvalue weighted by Crippen LogP contribution is 2.29. The number of fused-ring (bicyclic) bond motifs is 1. The SMILES string of the molecule is CNCc1cc2c(Br)ccc(C)c2o1. The number of benzene rings is 1. The summed E-state index contributed by atoms with van der Waals surface area (Å²) in [5.41, 5.74) is 2.15. The Hall–Kier alpha value is -0.800. The second-order valence-electron chi connectivity index (χ2n) is 3.35. The summed E-state index contributed by atoms with van der Waals surface area (Å²) >= 11 is 3.52. The molecular weight excluding hydrogens is 242 g/mol. The summed E-state index contributed by atoms with van der Waals surface area (Å²) < 4.78 is 6.81. The fourth-order valence-electron chi connectivity index (χ4n) is 1.54. The van der Waals surface area contributed by atoms with Crippen molar-refractivity contribution in [3.8, 4) is 0 Å². The van der Waals surface area contributed by atoms with E-state index >= 15 is 0 Å². The molecule has 0 saturated carbocycles. The molecular formula is C11H12BrNO. The first-order valence-corrected chi connectivity index (χ1v) is 5.34. The lowest BCUT2D eigenvalue weighted by molar-refractivity contribution is 0.529. The molecule has 0 spiro atoms. The monoisotopic (exact) mass is 253 g/mol. The van der Waals surface area contributed by atoms with E-state index in [1.54, 1.807) is 0 Å². The molecule has 2 aromatic rings. The van der Waals surface area contributed by atoms with E-state index in [2.05, 4.69) is 46.4 Å². The number of nitrogens with one attached hydrogen (secondary N) is 1. The van der Waals surface area contributed by atoms with Gasteiger partial charge in [-0.2, -0.15) is 0 Å². The lowest BCUT2D eigenvalue weighted by atomic mass is 10.2. The van der Waals surface area contributed by atoms with Crippen LogP contribution in [0.25, 0.3) is 11.0 Å². The summed E-state index contributed by atoms with van der Waals surface area (Å²) in [6.45, 7) is 2.82.